The molecule has 2 aromatic rings. The van der Waals surface area contributed by atoms with Gasteiger partial charge in [-0.1, -0.05) is 27.2 Å². The van der Waals surface area contributed by atoms with Gasteiger partial charge in [0.15, 0.2) is 12.3 Å². The Morgan fingerprint density at radius 3 is 2.40 bits per heavy atom. The average molecular weight is 418 g/mol. The number of anilines is 2. The van der Waals surface area contributed by atoms with Crippen molar-refractivity contribution >= 4 is 17.4 Å². The Morgan fingerprint density at radius 2 is 1.83 bits per heavy atom. The van der Waals surface area contributed by atoms with Gasteiger partial charge in [-0.15, -0.1) is 0 Å². The topological polar surface area (TPSA) is 120 Å². The molecule has 1 aromatic heterocycles. The quantitative estimate of drug-likeness (QED) is 0.609. The van der Waals surface area contributed by atoms with Crippen LogP contribution in [0.3, 0.4) is 0 Å². The number of carbonyl (C=O) groups is 1. The third kappa shape index (κ3) is 5.65. The highest BCUT2D eigenvalue weighted by Gasteiger charge is 2.24. The van der Waals surface area contributed by atoms with E-state index in [1.165, 1.54) is 9.47 Å². The third-order valence-corrected chi connectivity index (χ3v) is 4.49. The summed E-state index contributed by atoms with van der Waals surface area (Å²) in [7, 11) is 1.56. The van der Waals surface area contributed by atoms with Gasteiger partial charge in [-0.3, -0.25) is 19.1 Å². The van der Waals surface area contributed by atoms with Crippen molar-refractivity contribution < 1.29 is 14.3 Å². The van der Waals surface area contributed by atoms with E-state index in [0.29, 0.717) is 24.5 Å². The molecule has 0 saturated carbocycles. The number of unbranched alkanes of at least 4 members (excludes halogenated alkanes) is 1. The third-order valence-electron chi connectivity index (χ3n) is 4.49. The number of aromatic amines is 1. The minimum atomic E-state index is -0.689. The first kappa shape index (κ1) is 23.1. The zero-order chi connectivity index (χ0) is 22.3. The maximum absolute atomic E-state index is 12.9. The average Bonchev–Trinajstić information content (AvgIpc) is 2.71. The highest BCUT2D eigenvalue weighted by Crippen LogP contribution is 2.20. The highest BCUT2D eigenvalue weighted by molar-refractivity contribution is 5.96. The summed E-state index contributed by atoms with van der Waals surface area (Å²) in [6.45, 7) is 6.17. The van der Waals surface area contributed by atoms with Gasteiger partial charge < -0.3 is 20.1 Å². The van der Waals surface area contributed by atoms with E-state index in [0.717, 1.165) is 6.42 Å². The molecule has 3 N–H and O–H groups in total. The van der Waals surface area contributed by atoms with Crippen LogP contribution < -0.4 is 31.4 Å². The number of aromatic nitrogens is 2. The van der Waals surface area contributed by atoms with E-state index < -0.39 is 17.2 Å². The fraction of sp³-hybridized carbons (Fsp3) is 0.476. The molecule has 0 atom stereocenters. The summed E-state index contributed by atoms with van der Waals surface area (Å²) >= 11 is 0. The molecule has 1 heterocycles. The molecule has 0 aliphatic rings. The predicted molar refractivity (Wildman–Crippen MR) is 116 cm³/mol. The van der Waals surface area contributed by atoms with Crippen LogP contribution >= 0.6 is 0 Å². The summed E-state index contributed by atoms with van der Waals surface area (Å²) in [6.07, 6.45) is 1.48. The van der Waals surface area contributed by atoms with Gasteiger partial charge in [0.25, 0.3) is 11.5 Å². The monoisotopic (exact) mass is 418 g/mol. The van der Waals surface area contributed by atoms with Crippen molar-refractivity contribution in [3.8, 4) is 11.5 Å². The van der Waals surface area contributed by atoms with E-state index >= 15 is 0 Å². The van der Waals surface area contributed by atoms with Crippen LogP contribution in [-0.4, -0.2) is 35.7 Å². The lowest BCUT2D eigenvalue weighted by atomic mass is 10.2. The van der Waals surface area contributed by atoms with Crippen LogP contribution in [0.5, 0.6) is 11.5 Å². The molecule has 0 bridgehead atoms. The molecular formula is C21H30N4O5. The summed E-state index contributed by atoms with van der Waals surface area (Å²) in [6, 6.07) is 6.82. The Labute approximate surface area is 175 Å². The van der Waals surface area contributed by atoms with Gasteiger partial charge in [-0.2, -0.15) is 0 Å². The van der Waals surface area contributed by atoms with Crippen LogP contribution in [0.15, 0.2) is 33.9 Å². The fourth-order valence-corrected chi connectivity index (χ4v) is 2.96. The SMILES string of the molecule is CCCCN(C(=O)COc1ccc(OC)cc1)c1c(N)n(CC(C)C)c(=O)[nH]c1=O. The van der Waals surface area contributed by atoms with Crippen LogP contribution in [0.4, 0.5) is 11.5 Å². The lowest BCUT2D eigenvalue weighted by Crippen LogP contribution is -2.43. The van der Waals surface area contributed by atoms with Gasteiger partial charge in [0.05, 0.1) is 7.11 Å². The molecule has 9 heteroatoms. The molecule has 0 saturated heterocycles. The number of amides is 1. The first-order valence-corrected chi connectivity index (χ1v) is 9.98. The van der Waals surface area contributed by atoms with Gasteiger partial charge in [0.1, 0.15) is 17.3 Å². The molecule has 0 aliphatic heterocycles. The Hall–Kier alpha value is -3.23. The second-order valence-electron chi connectivity index (χ2n) is 7.36. The van der Waals surface area contributed by atoms with Gasteiger partial charge in [-0.05, 0) is 36.6 Å². The van der Waals surface area contributed by atoms with Crippen molar-refractivity contribution in [3.63, 3.8) is 0 Å². The number of carbonyl (C=O) groups excluding carboxylic acids is 1. The van der Waals surface area contributed by atoms with Crippen molar-refractivity contribution in [1.29, 1.82) is 0 Å². The number of nitrogens with one attached hydrogen (secondary N) is 1. The summed E-state index contributed by atoms with van der Waals surface area (Å²) < 4.78 is 12.0. The molecule has 9 nitrogen and oxygen atoms in total. The van der Waals surface area contributed by atoms with Crippen molar-refractivity contribution in [2.24, 2.45) is 5.92 Å². The number of rotatable bonds is 10. The van der Waals surface area contributed by atoms with Crippen molar-refractivity contribution in [3.05, 3.63) is 45.1 Å². The Balaban J connectivity index is 2.32. The molecule has 1 amide bonds. The summed E-state index contributed by atoms with van der Waals surface area (Å²) in [5.74, 6) is 0.843. The number of nitrogens with zero attached hydrogens (tertiary/aromatic N) is 2. The number of nitrogens with two attached hydrogens (primary N) is 1. The van der Waals surface area contributed by atoms with E-state index in [1.807, 2.05) is 20.8 Å². The Kier molecular flexibility index (Phi) is 8.08. The normalized spacial score (nSPS) is 10.8. The number of benzene rings is 1. The van der Waals surface area contributed by atoms with Crippen molar-refractivity contribution in [1.82, 2.24) is 9.55 Å². The number of nitrogen functional groups attached to an aromatic ring is 1. The number of methoxy groups -OCH3 is 1. The smallest absolute Gasteiger partial charge is 0.330 e. The van der Waals surface area contributed by atoms with Crippen LogP contribution in [0.25, 0.3) is 0 Å². The second kappa shape index (κ2) is 10.5. The Bertz CT molecular complexity index is 963. The summed E-state index contributed by atoms with van der Waals surface area (Å²) in [5, 5.41) is 0. The van der Waals surface area contributed by atoms with Crippen LogP contribution in [-0.2, 0) is 11.3 Å². The lowest BCUT2D eigenvalue weighted by Gasteiger charge is -2.25. The number of H-pyrrole nitrogens is 1. The summed E-state index contributed by atoms with van der Waals surface area (Å²) in [5.41, 5.74) is 4.88. The van der Waals surface area contributed by atoms with E-state index in [4.69, 9.17) is 15.2 Å². The molecule has 0 fully saturated rings. The van der Waals surface area contributed by atoms with Crippen LogP contribution in [0, 0.1) is 5.92 Å². The maximum atomic E-state index is 12.9. The lowest BCUT2D eigenvalue weighted by molar-refractivity contribution is -0.120. The first-order valence-electron chi connectivity index (χ1n) is 9.98. The number of ether oxygens (including phenoxy) is 2. The van der Waals surface area contributed by atoms with Crippen LogP contribution in [0.2, 0.25) is 0 Å². The van der Waals surface area contributed by atoms with E-state index in [1.54, 1.807) is 31.4 Å². The summed E-state index contributed by atoms with van der Waals surface area (Å²) in [4.78, 5) is 41.3. The van der Waals surface area contributed by atoms with Crippen molar-refractivity contribution in [2.45, 2.75) is 40.2 Å². The number of hydrogen-bond acceptors (Lipinski definition) is 6. The van der Waals surface area contributed by atoms with Gasteiger partial charge in [-0.25, -0.2) is 4.79 Å². The fourth-order valence-electron chi connectivity index (χ4n) is 2.96. The molecule has 164 valence electrons. The second-order valence-corrected chi connectivity index (χ2v) is 7.36. The maximum Gasteiger partial charge on any atom is 0.330 e. The minimum absolute atomic E-state index is 0.0213. The predicted octanol–water partition coefficient (Wildman–Crippen LogP) is 2.00. The largest absolute Gasteiger partial charge is 0.497 e. The molecular weight excluding hydrogens is 388 g/mol. The molecule has 1 aromatic carbocycles. The van der Waals surface area contributed by atoms with Gasteiger partial charge in [0, 0.05) is 13.1 Å². The van der Waals surface area contributed by atoms with Gasteiger partial charge in [0.2, 0.25) is 0 Å². The van der Waals surface area contributed by atoms with E-state index in [2.05, 4.69) is 4.98 Å². The Morgan fingerprint density at radius 1 is 1.20 bits per heavy atom. The van der Waals surface area contributed by atoms with Gasteiger partial charge >= 0.3 is 5.69 Å². The zero-order valence-electron chi connectivity index (χ0n) is 17.9. The zero-order valence-corrected chi connectivity index (χ0v) is 17.9. The first-order chi connectivity index (χ1) is 14.3. The molecule has 0 aliphatic carbocycles. The van der Waals surface area contributed by atoms with E-state index in [9.17, 15) is 14.4 Å². The van der Waals surface area contributed by atoms with Crippen molar-refractivity contribution in [2.75, 3.05) is 30.9 Å². The molecule has 0 spiro atoms. The highest BCUT2D eigenvalue weighted by atomic mass is 16.5. The number of hydrogen-bond donors (Lipinski definition) is 2. The minimum Gasteiger partial charge on any atom is -0.497 e. The van der Waals surface area contributed by atoms with Crippen LogP contribution in [0.1, 0.15) is 33.6 Å². The van der Waals surface area contributed by atoms with E-state index in [-0.39, 0.29) is 30.6 Å². The molecule has 2 rings (SSSR count). The standard InChI is InChI=1S/C21H30N4O5/c1-5-6-11-24(17(26)13-30-16-9-7-15(29-4)8-10-16)18-19(22)25(12-14(2)3)21(28)23-20(18)27/h7-10,14H,5-6,11-13,22H2,1-4H3,(H,23,27,28). The molecule has 30 heavy (non-hydrogen) atoms. The molecule has 0 unspecified atom stereocenters. The molecule has 0 radical (unpaired) electrons.